The molecular weight excluding hydrogens is 367 g/mol. The fourth-order valence-electron chi connectivity index (χ4n) is 2.43. The molecule has 0 aliphatic rings. The largest absolute Gasteiger partial charge is 0.495 e. The maximum atomic E-state index is 13.2. The standard InChI is InChI=1S/C18H17FN6O3/c1-28-14-8-3-2-7-13(14)22-15(26)10-25-17(20)16(23-24-25)18(27)21-12-6-4-5-11(19)9-12/h2-9H,10,20H2,1H3,(H,21,27)(H,22,26). The number of nitrogens with two attached hydrogens (primary N) is 1. The minimum atomic E-state index is -0.667. The van der Waals surface area contributed by atoms with Crippen LogP contribution in [0.2, 0.25) is 0 Å². The molecule has 144 valence electrons. The summed E-state index contributed by atoms with van der Waals surface area (Å²) in [5, 5.41) is 12.6. The zero-order chi connectivity index (χ0) is 20.1. The van der Waals surface area contributed by atoms with E-state index in [0.717, 1.165) is 10.7 Å². The van der Waals surface area contributed by atoms with Gasteiger partial charge in [0.25, 0.3) is 5.91 Å². The number of nitrogens with one attached hydrogen (secondary N) is 2. The second kappa shape index (κ2) is 8.16. The lowest BCUT2D eigenvalue weighted by molar-refractivity contribution is -0.116. The lowest BCUT2D eigenvalue weighted by Crippen LogP contribution is -2.21. The molecule has 9 nitrogen and oxygen atoms in total. The molecule has 0 aliphatic heterocycles. The quantitative estimate of drug-likeness (QED) is 0.596. The van der Waals surface area contributed by atoms with E-state index in [2.05, 4.69) is 20.9 Å². The Morgan fingerprint density at radius 3 is 2.71 bits per heavy atom. The van der Waals surface area contributed by atoms with Crippen LogP contribution >= 0.6 is 0 Å². The van der Waals surface area contributed by atoms with Gasteiger partial charge in [-0.3, -0.25) is 9.59 Å². The van der Waals surface area contributed by atoms with Gasteiger partial charge in [-0.25, -0.2) is 9.07 Å². The molecule has 0 aliphatic carbocycles. The van der Waals surface area contributed by atoms with E-state index in [0.29, 0.717) is 11.4 Å². The van der Waals surface area contributed by atoms with Gasteiger partial charge in [-0.15, -0.1) is 5.10 Å². The number of ether oxygens (including phenoxy) is 1. The first-order valence-corrected chi connectivity index (χ1v) is 8.16. The van der Waals surface area contributed by atoms with Gasteiger partial charge in [0.15, 0.2) is 11.5 Å². The molecule has 0 radical (unpaired) electrons. The number of hydrogen-bond acceptors (Lipinski definition) is 6. The number of methoxy groups -OCH3 is 1. The molecule has 3 aromatic rings. The van der Waals surface area contributed by atoms with Crippen molar-refractivity contribution >= 4 is 29.0 Å². The first kappa shape index (κ1) is 18.8. The smallest absolute Gasteiger partial charge is 0.280 e. The van der Waals surface area contributed by atoms with Gasteiger partial charge in [0, 0.05) is 5.69 Å². The fourth-order valence-corrected chi connectivity index (χ4v) is 2.43. The van der Waals surface area contributed by atoms with Gasteiger partial charge in [-0.05, 0) is 30.3 Å². The highest BCUT2D eigenvalue weighted by atomic mass is 19.1. The summed E-state index contributed by atoms with van der Waals surface area (Å²) in [4.78, 5) is 24.5. The summed E-state index contributed by atoms with van der Waals surface area (Å²) >= 11 is 0. The molecule has 1 heterocycles. The number of halogens is 1. The van der Waals surface area contributed by atoms with Crippen LogP contribution in [-0.2, 0) is 11.3 Å². The lowest BCUT2D eigenvalue weighted by Gasteiger charge is -2.10. The van der Waals surface area contributed by atoms with Gasteiger partial charge in [-0.2, -0.15) is 0 Å². The zero-order valence-electron chi connectivity index (χ0n) is 14.8. The van der Waals surface area contributed by atoms with E-state index in [1.54, 1.807) is 24.3 Å². The Labute approximate surface area is 159 Å². The third-order valence-corrected chi connectivity index (χ3v) is 3.75. The number of nitrogen functional groups attached to an aromatic ring is 1. The summed E-state index contributed by atoms with van der Waals surface area (Å²) in [7, 11) is 1.49. The molecule has 2 amide bonds. The van der Waals surface area contributed by atoms with Crippen molar-refractivity contribution in [3.63, 3.8) is 0 Å². The highest BCUT2D eigenvalue weighted by Gasteiger charge is 2.19. The summed E-state index contributed by atoms with van der Waals surface area (Å²) in [6.07, 6.45) is 0. The molecule has 0 bridgehead atoms. The Bertz CT molecular complexity index is 1020. The van der Waals surface area contributed by atoms with E-state index in [1.807, 2.05) is 0 Å². The fraction of sp³-hybridized carbons (Fsp3) is 0.111. The Kier molecular flexibility index (Phi) is 5.49. The summed E-state index contributed by atoms with van der Waals surface area (Å²) in [5.41, 5.74) is 6.44. The number of nitrogens with zero attached hydrogens (tertiary/aromatic N) is 3. The Morgan fingerprint density at radius 1 is 1.18 bits per heavy atom. The van der Waals surface area contributed by atoms with Crippen molar-refractivity contribution in [1.29, 1.82) is 0 Å². The van der Waals surface area contributed by atoms with E-state index in [1.165, 1.54) is 25.3 Å². The van der Waals surface area contributed by atoms with Gasteiger partial charge in [0.2, 0.25) is 5.91 Å². The number of carbonyl (C=O) groups is 2. The molecule has 0 unspecified atom stereocenters. The van der Waals surface area contributed by atoms with E-state index in [9.17, 15) is 14.0 Å². The number of para-hydroxylation sites is 2. The molecule has 3 rings (SSSR count). The molecule has 0 saturated carbocycles. The summed E-state index contributed by atoms with van der Waals surface area (Å²) in [5.74, 6) is -1.19. The van der Waals surface area contributed by atoms with Crippen LogP contribution in [0.25, 0.3) is 0 Å². The van der Waals surface area contributed by atoms with Gasteiger partial charge in [0.1, 0.15) is 18.1 Å². The van der Waals surface area contributed by atoms with Crippen molar-refractivity contribution in [1.82, 2.24) is 15.0 Å². The van der Waals surface area contributed by atoms with Crippen LogP contribution in [-0.4, -0.2) is 33.9 Å². The SMILES string of the molecule is COc1ccccc1NC(=O)Cn1nnc(C(=O)Nc2cccc(F)c2)c1N. The van der Waals surface area contributed by atoms with E-state index in [4.69, 9.17) is 10.5 Å². The number of hydrogen-bond donors (Lipinski definition) is 3. The number of benzene rings is 2. The number of carbonyl (C=O) groups excluding carboxylic acids is 2. The lowest BCUT2D eigenvalue weighted by atomic mass is 10.3. The molecular formula is C18H17FN6O3. The molecule has 28 heavy (non-hydrogen) atoms. The molecule has 1 aromatic heterocycles. The number of rotatable bonds is 6. The molecule has 0 saturated heterocycles. The van der Waals surface area contributed by atoms with Crippen LogP contribution < -0.4 is 21.1 Å². The highest BCUT2D eigenvalue weighted by molar-refractivity contribution is 6.05. The van der Waals surface area contributed by atoms with E-state index < -0.39 is 17.6 Å². The summed E-state index contributed by atoms with van der Waals surface area (Å²) in [6, 6.07) is 12.3. The molecule has 0 fully saturated rings. The van der Waals surface area contributed by atoms with Crippen LogP contribution in [0.4, 0.5) is 21.6 Å². The number of anilines is 3. The Hall–Kier alpha value is -3.95. The average Bonchev–Trinajstić information content (AvgIpc) is 3.02. The number of amides is 2. The number of aromatic nitrogens is 3. The molecule has 0 spiro atoms. The van der Waals surface area contributed by atoms with Crippen molar-refractivity contribution in [3.05, 3.63) is 60.0 Å². The predicted molar refractivity (Wildman–Crippen MR) is 100 cm³/mol. The Morgan fingerprint density at radius 2 is 1.96 bits per heavy atom. The van der Waals surface area contributed by atoms with Crippen molar-refractivity contribution in [2.45, 2.75) is 6.54 Å². The van der Waals surface area contributed by atoms with E-state index in [-0.39, 0.29) is 23.7 Å². The van der Waals surface area contributed by atoms with Crippen molar-refractivity contribution < 1.29 is 18.7 Å². The van der Waals surface area contributed by atoms with Crippen LogP contribution in [0, 0.1) is 5.82 Å². The van der Waals surface area contributed by atoms with Crippen LogP contribution in [0.1, 0.15) is 10.5 Å². The van der Waals surface area contributed by atoms with E-state index >= 15 is 0 Å². The van der Waals surface area contributed by atoms with Gasteiger partial charge < -0.3 is 21.1 Å². The normalized spacial score (nSPS) is 10.4. The Balaban J connectivity index is 1.68. The van der Waals surface area contributed by atoms with Crippen LogP contribution in [0.3, 0.4) is 0 Å². The topological polar surface area (TPSA) is 124 Å². The minimum Gasteiger partial charge on any atom is -0.495 e. The molecule has 10 heteroatoms. The van der Waals surface area contributed by atoms with Gasteiger partial charge >= 0.3 is 0 Å². The molecule has 0 atom stereocenters. The van der Waals surface area contributed by atoms with Crippen molar-refractivity contribution in [2.24, 2.45) is 0 Å². The zero-order valence-corrected chi connectivity index (χ0v) is 14.8. The van der Waals surface area contributed by atoms with Crippen molar-refractivity contribution in [2.75, 3.05) is 23.5 Å². The maximum absolute atomic E-state index is 13.2. The molecule has 2 aromatic carbocycles. The van der Waals surface area contributed by atoms with Gasteiger partial charge in [0.05, 0.1) is 12.8 Å². The maximum Gasteiger partial charge on any atom is 0.280 e. The average molecular weight is 384 g/mol. The first-order valence-electron chi connectivity index (χ1n) is 8.16. The van der Waals surface area contributed by atoms with Gasteiger partial charge in [-0.1, -0.05) is 23.4 Å². The summed E-state index contributed by atoms with van der Waals surface area (Å²) < 4.78 is 19.5. The first-order chi connectivity index (χ1) is 13.5. The second-order valence-corrected chi connectivity index (χ2v) is 5.69. The van der Waals surface area contributed by atoms with Crippen molar-refractivity contribution in [3.8, 4) is 5.75 Å². The highest BCUT2D eigenvalue weighted by Crippen LogP contribution is 2.23. The molecule has 4 N–H and O–H groups in total. The third kappa shape index (κ3) is 4.23. The van der Waals surface area contributed by atoms with Crippen LogP contribution in [0.5, 0.6) is 5.75 Å². The minimum absolute atomic E-state index is 0.0934. The third-order valence-electron chi connectivity index (χ3n) is 3.75. The monoisotopic (exact) mass is 384 g/mol. The predicted octanol–water partition coefficient (Wildman–Crippen LogP) is 1.90. The van der Waals surface area contributed by atoms with Crippen LogP contribution in [0.15, 0.2) is 48.5 Å². The second-order valence-electron chi connectivity index (χ2n) is 5.69. The summed E-state index contributed by atoms with van der Waals surface area (Å²) in [6.45, 7) is -0.260.